The largest absolute Gasteiger partial charge is 0.487 e. The highest BCUT2D eigenvalue weighted by Gasteiger charge is 2.37. The molecule has 8 rings (SSSR count). The van der Waals surface area contributed by atoms with Crippen LogP contribution < -0.4 is 20.7 Å². The van der Waals surface area contributed by atoms with Crippen molar-refractivity contribution in [1.82, 2.24) is 15.4 Å². The molecule has 2 heterocycles. The molecule has 1 amide bonds. The standard InChI is InChI=1S/C26H27NO3.C25H27N3O2/c1-29-25(28)20-8-10-21(11-9-20)26(16-4-2-5-17-26)22-12-14-24(15-13-22)30-19-23-7-3-6-18-27-23;26-28-24(29)19-7-9-20(10-8-19)25(15-3-1-4-16-25)21-11-13-23(14-12-21)30-18-22-6-2-5-17-27-22/h3,6-15,18H,2,4-5,16-17,19H2,1H3;2,5-14,17H,1,3-4,15-16,18,26H2,(H,28,29). The number of aromatic nitrogens is 2. The second kappa shape index (κ2) is 20.1. The number of nitrogens with zero attached hydrogens (tertiary/aromatic N) is 2. The normalized spacial score (nSPS) is 15.4. The number of hydrogen-bond donors (Lipinski definition) is 2. The number of rotatable bonds is 12. The highest BCUT2D eigenvalue weighted by Crippen LogP contribution is 2.46. The van der Waals surface area contributed by atoms with Crippen molar-refractivity contribution in [3.8, 4) is 11.5 Å². The molecule has 3 N–H and O–H groups in total. The molecule has 0 atom stereocenters. The van der Waals surface area contributed by atoms with Gasteiger partial charge in [-0.15, -0.1) is 0 Å². The number of hydrazine groups is 1. The molecule has 6 aromatic rings. The number of amides is 1. The predicted molar refractivity (Wildman–Crippen MR) is 234 cm³/mol. The second-order valence-electron chi connectivity index (χ2n) is 15.7. The second-order valence-corrected chi connectivity index (χ2v) is 15.7. The van der Waals surface area contributed by atoms with Crippen LogP contribution in [-0.2, 0) is 28.8 Å². The van der Waals surface area contributed by atoms with Crippen molar-refractivity contribution in [2.75, 3.05) is 7.11 Å². The van der Waals surface area contributed by atoms with Crippen molar-refractivity contribution >= 4 is 11.9 Å². The molecule has 60 heavy (non-hydrogen) atoms. The Morgan fingerprint density at radius 3 is 1.27 bits per heavy atom. The maximum atomic E-state index is 11.8. The summed E-state index contributed by atoms with van der Waals surface area (Å²) in [6, 6.07) is 44.4. The molecule has 2 aromatic heterocycles. The van der Waals surface area contributed by atoms with Crippen LogP contribution in [0, 0.1) is 0 Å². The van der Waals surface area contributed by atoms with Gasteiger partial charge in [0.15, 0.2) is 0 Å². The molecule has 0 spiro atoms. The van der Waals surface area contributed by atoms with Crippen molar-refractivity contribution in [1.29, 1.82) is 0 Å². The summed E-state index contributed by atoms with van der Waals surface area (Å²) in [6.07, 6.45) is 15.3. The number of methoxy groups -OCH3 is 1. The molecule has 4 aromatic carbocycles. The van der Waals surface area contributed by atoms with Gasteiger partial charge in [-0.2, -0.15) is 0 Å². The van der Waals surface area contributed by atoms with E-state index in [1.807, 2.05) is 72.8 Å². The molecule has 0 aliphatic heterocycles. The number of carbonyl (C=O) groups is 2. The number of hydrogen-bond acceptors (Lipinski definition) is 8. The Kier molecular flexibility index (Phi) is 14.0. The Hall–Kier alpha value is -6.32. The van der Waals surface area contributed by atoms with Crippen LogP contribution in [-0.4, -0.2) is 29.0 Å². The van der Waals surface area contributed by atoms with Crippen LogP contribution in [0.3, 0.4) is 0 Å². The highest BCUT2D eigenvalue weighted by molar-refractivity contribution is 5.93. The van der Waals surface area contributed by atoms with E-state index in [1.165, 1.54) is 67.9 Å². The van der Waals surface area contributed by atoms with Gasteiger partial charge < -0.3 is 14.2 Å². The van der Waals surface area contributed by atoms with E-state index in [2.05, 4.69) is 76.1 Å². The zero-order valence-electron chi connectivity index (χ0n) is 34.4. The number of nitrogens with one attached hydrogen (secondary N) is 1. The fourth-order valence-electron chi connectivity index (χ4n) is 8.89. The first-order chi connectivity index (χ1) is 29.4. The molecule has 0 saturated heterocycles. The molecular weight excluding hydrogens is 749 g/mol. The maximum Gasteiger partial charge on any atom is 0.337 e. The van der Waals surface area contributed by atoms with Crippen LogP contribution in [0.5, 0.6) is 11.5 Å². The molecule has 0 radical (unpaired) electrons. The van der Waals surface area contributed by atoms with Gasteiger partial charge >= 0.3 is 5.97 Å². The van der Waals surface area contributed by atoms with Gasteiger partial charge in [0.2, 0.25) is 0 Å². The number of carbonyl (C=O) groups excluding carboxylic acids is 2. The molecule has 2 saturated carbocycles. The summed E-state index contributed by atoms with van der Waals surface area (Å²) in [5.74, 6) is 6.38. The van der Waals surface area contributed by atoms with Crippen molar-refractivity contribution in [2.24, 2.45) is 5.84 Å². The van der Waals surface area contributed by atoms with Gasteiger partial charge in [-0.25, -0.2) is 10.6 Å². The molecule has 9 heteroatoms. The number of benzene rings is 4. The Morgan fingerprint density at radius 1 is 0.533 bits per heavy atom. The lowest BCUT2D eigenvalue weighted by atomic mass is 9.65. The van der Waals surface area contributed by atoms with Crippen molar-refractivity contribution in [2.45, 2.75) is 88.3 Å². The van der Waals surface area contributed by atoms with Crippen molar-refractivity contribution < 1.29 is 23.8 Å². The van der Waals surface area contributed by atoms with E-state index in [0.29, 0.717) is 24.3 Å². The van der Waals surface area contributed by atoms with E-state index in [9.17, 15) is 9.59 Å². The zero-order chi connectivity index (χ0) is 41.6. The molecule has 2 aliphatic rings. The Balaban J connectivity index is 0.000000181. The van der Waals surface area contributed by atoms with Gasteiger partial charge in [0, 0.05) is 28.8 Å². The Bertz CT molecular complexity index is 2090. The molecule has 9 nitrogen and oxygen atoms in total. The lowest BCUT2D eigenvalue weighted by Gasteiger charge is -2.38. The molecule has 2 aliphatic carbocycles. The summed E-state index contributed by atoms with van der Waals surface area (Å²) in [6.45, 7) is 0.913. The summed E-state index contributed by atoms with van der Waals surface area (Å²) < 4.78 is 16.7. The van der Waals surface area contributed by atoms with Crippen LogP contribution in [0.2, 0.25) is 0 Å². The number of esters is 1. The molecule has 308 valence electrons. The van der Waals surface area contributed by atoms with Gasteiger partial charge in [-0.1, -0.05) is 99.2 Å². The lowest BCUT2D eigenvalue weighted by molar-refractivity contribution is 0.0600. The van der Waals surface area contributed by atoms with E-state index in [1.54, 1.807) is 12.4 Å². The summed E-state index contributed by atoms with van der Waals surface area (Å²) >= 11 is 0. The minimum atomic E-state index is -0.298. The molecule has 0 unspecified atom stereocenters. The van der Waals surface area contributed by atoms with Gasteiger partial charge in [0.05, 0.1) is 24.1 Å². The monoisotopic (exact) mass is 802 g/mol. The number of pyridine rings is 2. The first-order valence-electron chi connectivity index (χ1n) is 21.0. The quantitative estimate of drug-likeness (QED) is 0.0542. The highest BCUT2D eigenvalue weighted by atomic mass is 16.5. The number of ether oxygens (including phenoxy) is 3. The average Bonchev–Trinajstić information content (AvgIpc) is 3.34. The molecule has 0 bridgehead atoms. The summed E-state index contributed by atoms with van der Waals surface area (Å²) in [7, 11) is 1.41. The summed E-state index contributed by atoms with van der Waals surface area (Å²) in [5, 5.41) is 0. The maximum absolute atomic E-state index is 11.8. The smallest absolute Gasteiger partial charge is 0.337 e. The van der Waals surface area contributed by atoms with Crippen LogP contribution >= 0.6 is 0 Å². The van der Waals surface area contributed by atoms with Gasteiger partial charge in [0.25, 0.3) is 5.91 Å². The van der Waals surface area contributed by atoms with Gasteiger partial charge in [-0.3, -0.25) is 20.2 Å². The molecule has 2 fully saturated rings. The van der Waals surface area contributed by atoms with E-state index in [0.717, 1.165) is 48.6 Å². The van der Waals surface area contributed by atoms with Crippen molar-refractivity contribution in [3.05, 3.63) is 191 Å². The third kappa shape index (κ3) is 9.92. The Labute approximate surface area is 353 Å². The van der Waals surface area contributed by atoms with E-state index in [-0.39, 0.29) is 22.7 Å². The SMILES string of the molecule is COC(=O)c1ccc(C2(c3ccc(OCc4ccccn4)cc3)CCCCC2)cc1.NNC(=O)c1ccc(C2(c3ccc(OCc4ccccn4)cc3)CCCCC2)cc1. The molecular formula is C51H54N4O5. The predicted octanol–water partition coefficient (Wildman–Crippen LogP) is 10.2. The van der Waals surface area contributed by atoms with Crippen LogP contribution in [0.4, 0.5) is 0 Å². The average molecular weight is 803 g/mol. The first-order valence-corrected chi connectivity index (χ1v) is 21.0. The topological polar surface area (TPSA) is 126 Å². The first kappa shape index (κ1) is 41.8. The Morgan fingerprint density at radius 2 is 0.917 bits per heavy atom. The van der Waals surface area contributed by atoms with Crippen LogP contribution in [0.1, 0.15) is 119 Å². The van der Waals surface area contributed by atoms with Crippen molar-refractivity contribution in [3.63, 3.8) is 0 Å². The van der Waals surface area contributed by atoms with E-state index >= 15 is 0 Å². The van der Waals surface area contributed by atoms with Crippen LogP contribution in [0.15, 0.2) is 146 Å². The number of nitrogens with two attached hydrogens (primary N) is 1. The van der Waals surface area contributed by atoms with Gasteiger partial charge in [0.1, 0.15) is 24.7 Å². The summed E-state index contributed by atoms with van der Waals surface area (Å²) in [4.78, 5) is 32.2. The fraction of sp³-hybridized carbons (Fsp3) is 0.294. The van der Waals surface area contributed by atoms with Gasteiger partial charge in [-0.05, 0) is 121 Å². The van der Waals surface area contributed by atoms with Crippen LogP contribution in [0.25, 0.3) is 0 Å². The summed E-state index contributed by atoms with van der Waals surface area (Å²) in [5.41, 5.74) is 10.2. The fourth-order valence-corrected chi connectivity index (χ4v) is 8.89. The lowest BCUT2D eigenvalue weighted by Crippen LogP contribution is -2.31. The third-order valence-electron chi connectivity index (χ3n) is 12.1. The minimum Gasteiger partial charge on any atom is -0.487 e. The third-order valence-corrected chi connectivity index (χ3v) is 12.1. The van der Waals surface area contributed by atoms with E-state index in [4.69, 9.17) is 20.1 Å². The zero-order valence-corrected chi connectivity index (χ0v) is 34.4. The number of nitrogen functional groups attached to an aromatic ring is 1. The minimum absolute atomic E-state index is 0.0214. The van der Waals surface area contributed by atoms with E-state index < -0.39 is 0 Å².